The molecular weight excluding hydrogens is 476 g/mol. The minimum absolute atomic E-state index is 0.0108. The Morgan fingerprint density at radius 1 is 1.00 bits per heavy atom. The lowest BCUT2D eigenvalue weighted by Gasteiger charge is -2.31. The third-order valence-corrected chi connectivity index (χ3v) is 9.04. The van der Waals surface area contributed by atoms with Crippen LogP contribution in [0.2, 0.25) is 5.02 Å². The van der Waals surface area contributed by atoms with Crippen LogP contribution in [0.4, 0.5) is 5.82 Å². The second-order valence-electron chi connectivity index (χ2n) is 7.92. The van der Waals surface area contributed by atoms with E-state index in [1.807, 2.05) is 0 Å². The van der Waals surface area contributed by atoms with Gasteiger partial charge in [-0.3, -0.25) is 4.79 Å². The van der Waals surface area contributed by atoms with Gasteiger partial charge in [0.2, 0.25) is 26.0 Å². The molecule has 2 N–H and O–H groups in total. The van der Waals surface area contributed by atoms with Gasteiger partial charge in [0.1, 0.15) is 5.82 Å². The molecule has 1 saturated carbocycles. The van der Waals surface area contributed by atoms with E-state index in [-0.39, 0.29) is 34.8 Å². The van der Waals surface area contributed by atoms with Crippen LogP contribution in [0.15, 0.2) is 52.4 Å². The van der Waals surface area contributed by atoms with Crippen molar-refractivity contribution < 1.29 is 21.6 Å². The fourth-order valence-corrected chi connectivity index (χ4v) is 6.42. The molecule has 9 nitrogen and oxygen atoms in total. The maximum absolute atomic E-state index is 13.1. The van der Waals surface area contributed by atoms with E-state index in [1.165, 1.54) is 34.8 Å². The number of benzene rings is 1. The van der Waals surface area contributed by atoms with Gasteiger partial charge in [0, 0.05) is 25.3 Å². The van der Waals surface area contributed by atoms with Crippen LogP contribution in [0.3, 0.4) is 0 Å². The number of halogens is 1. The minimum atomic E-state index is -3.87. The smallest absolute Gasteiger partial charge is 0.243 e. The van der Waals surface area contributed by atoms with Gasteiger partial charge in [-0.05, 0) is 62.1 Å². The summed E-state index contributed by atoms with van der Waals surface area (Å²) >= 11 is 5.80. The molecule has 0 radical (unpaired) electrons. The number of amides is 1. The highest BCUT2D eigenvalue weighted by Crippen LogP contribution is 2.26. The van der Waals surface area contributed by atoms with Crippen molar-refractivity contribution in [1.29, 1.82) is 0 Å². The first-order valence-electron chi connectivity index (χ1n) is 10.2. The number of piperidine rings is 1. The molecule has 1 saturated heterocycles. The summed E-state index contributed by atoms with van der Waals surface area (Å²) in [5.41, 5.74) is 0. The number of pyridine rings is 1. The molecule has 2 heterocycles. The van der Waals surface area contributed by atoms with Gasteiger partial charge in [-0.25, -0.2) is 26.5 Å². The highest BCUT2D eigenvalue weighted by atomic mass is 35.5. The first kappa shape index (κ1) is 23.1. The van der Waals surface area contributed by atoms with Crippen molar-refractivity contribution >= 4 is 43.4 Å². The van der Waals surface area contributed by atoms with Crippen molar-refractivity contribution in [3.05, 3.63) is 47.6 Å². The number of aromatic nitrogens is 1. The predicted octanol–water partition coefficient (Wildman–Crippen LogP) is 2.22. The monoisotopic (exact) mass is 498 g/mol. The Labute approximate surface area is 192 Å². The molecule has 172 valence electrons. The number of hydrogen-bond donors (Lipinski definition) is 2. The zero-order chi connectivity index (χ0) is 22.9. The third-order valence-electron chi connectivity index (χ3n) is 5.40. The minimum Gasteiger partial charge on any atom is -0.310 e. The summed E-state index contributed by atoms with van der Waals surface area (Å²) in [4.78, 5) is 16.7. The summed E-state index contributed by atoms with van der Waals surface area (Å²) < 4.78 is 54.6. The molecule has 2 aliphatic rings. The van der Waals surface area contributed by atoms with Crippen molar-refractivity contribution in [3.8, 4) is 0 Å². The van der Waals surface area contributed by atoms with Gasteiger partial charge in [0.15, 0.2) is 0 Å². The molecular formula is C20H23ClN4O5S2. The van der Waals surface area contributed by atoms with E-state index in [0.29, 0.717) is 23.7 Å². The Hall–Kier alpha value is -2.05. The summed E-state index contributed by atoms with van der Waals surface area (Å²) in [5.74, 6) is -0.498. The maximum atomic E-state index is 13.1. The van der Waals surface area contributed by atoms with Crippen LogP contribution in [0.5, 0.6) is 0 Å². The summed E-state index contributed by atoms with van der Waals surface area (Å²) in [7, 11) is -7.54. The van der Waals surface area contributed by atoms with Crippen LogP contribution in [-0.2, 0) is 24.8 Å². The lowest BCUT2D eigenvalue weighted by molar-refractivity contribution is -0.120. The van der Waals surface area contributed by atoms with E-state index in [4.69, 9.17) is 11.6 Å². The third kappa shape index (κ3) is 5.29. The summed E-state index contributed by atoms with van der Waals surface area (Å²) in [5, 5.41) is 3.14. The molecule has 1 aliphatic carbocycles. The van der Waals surface area contributed by atoms with Crippen LogP contribution >= 0.6 is 11.6 Å². The standard InChI is InChI=1S/C20H23ClN4O5S2/c21-15-3-10-19(22-12-15)23-20(26)14-2-1-11-25(13-14)32(29,30)18-8-6-17(7-9-18)31(27,28)24-16-4-5-16/h3,6-10,12,14,16,24H,1-2,4-5,11,13H2,(H,22,23,26). The highest BCUT2D eigenvalue weighted by Gasteiger charge is 2.34. The molecule has 0 spiro atoms. The van der Waals surface area contributed by atoms with Gasteiger partial charge in [0.25, 0.3) is 0 Å². The van der Waals surface area contributed by atoms with Crippen molar-refractivity contribution in [1.82, 2.24) is 14.0 Å². The average Bonchev–Trinajstić information content (AvgIpc) is 3.59. The largest absolute Gasteiger partial charge is 0.310 e. The summed E-state index contributed by atoms with van der Waals surface area (Å²) in [6.45, 7) is 0.319. The number of rotatable bonds is 7. The van der Waals surface area contributed by atoms with E-state index in [0.717, 1.165) is 12.8 Å². The summed E-state index contributed by atoms with van der Waals surface area (Å²) in [6.07, 6.45) is 4.12. The first-order chi connectivity index (χ1) is 15.1. The molecule has 32 heavy (non-hydrogen) atoms. The summed E-state index contributed by atoms with van der Waals surface area (Å²) in [6, 6.07) is 8.30. The zero-order valence-electron chi connectivity index (χ0n) is 17.1. The van der Waals surface area contributed by atoms with Crippen LogP contribution in [0.1, 0.15) is 25.7 Å². The molecule has 1 unspecified atom stereocenters. The molecule has 2 fully saturated rings. The second-order valence-corrected chi connectivity index (χ2v) is 12.0. The molecule has 1 amide bonds. The Balaban J connectivity index is 1.44. The zero-order valence-corrected chi connectivity index (χ0v) is 19.5. The molecule has 0 bridgehead atoms. The molecule has 1 atom stereocenters. The van der Waals surface area contributed by atoms with E-state index in [9.17, 15) is 21.6 Å². The lowest BCUT2D eigenvalue weighted by atomic mass is 9.99. The first-order valence-corrected chi connectivity index (χ1v) is 13.5. The van der Waals surface area contributed by atoms with Crippen LogP contribution in [-0.4, -0.2) is 51.2 Å². The number of carbonyl (C=O) groups excluding carboxylic acids is 1. The van der Waals surface area contributed by atoms with Crippen molar-refractivity contribution in [2.45, 2.75) is 41.5 Å². The Morgan fingerprint density at radius 3 is 2.31 bits per heavy atom. The number of sulfonamides is 2. The molecule has 12 heteroatoms. The normalized spacial score (nSPS) is 20.1. The molecule has 1 aromatic heterocycles. The number of nitrogens with one attached hydrogen (secondary N) is 2. The quantitative estimate of drug-likeness (QED) is 0.602. The number of hydrogen-bond acceptors (Lipinski definition) is 6. The van der Waals surface area contributed by atoms with Crippen LogP contribution < -0.4 is 10.0 Å². The Kier molecular flexibility index (Phi) is 6.55. The fraction of sp³-hybridized carbons (Fsp3) is 0.400. The van der Waals surface area contributed by atoms with Gasteiger partial charge in [-0.15, -0.1) is 0 Å². The average molecular weight is 499 g/mol. The SMILES string of the molecule is O=C(Nc1ccc(Cl)cn1)C1CCCN(S(=O)(=O)c2ccc(S(=O)(=O)NC3CC3)cc2)C1. The van der Waals surface area contributed by atoms with Crippen molar-refractivity contribution in [2.24, 2.45) is 5.92 Å². The van der Waals surface area contributed by atoms with E-state index in [2.05, 4.69) is 15.0 Å². The van der Waals surface area contributed by atoms with Gasteiger partial charge in [0.05, 0.1) is 20.7 Å². The molecule has 4 rings (SSSR count). The van der Waals surface area contributed by atoms with Crippen LogP contribution in [0, 0.1) is 5.92 Å². The van der Waals surface area contributed by atoms with Crippen molar-refractivity contribution in [3.63, 3.8) is 0 Å². The van der Waals surface area contributed by atoms with E-state index < -0.39 is 26.0 Å². The molecule has 2 aromatic rings. The Bertz CT molecular complexity index is 1200. The maximum Gasteiger partial charge on any atom is 0.243 e. The predicted molar refractivity (Wildman–Crippen MR) is 119 cm³/mol. The highest BCUT2D eigenvalue weighted by molar-refractivity contribution is 7.89. The van der Waals surface area contributed by atoms with E-state index >= 15 is 0 Å². The molecule has 1 aromatic carbocycles. The topological polar surface area (TPSA) is 126 Å². The van der Waals surface area contributed by atoms with Gasteiger partial charge < -0.3 is 5.32 Å². The van der Waals surface area contributed by atoms with Crippen LogP contribution in [0.25, 0.3) is 0 Å². The second kappa shape index (κ2) is 9.06. The molecule has 1 aliphatic heterocycles. The number of nitrogens with zero attached hydrogens (tertiary/aromatic N) is 2. The Morgan fingerprint density at radius 2 is 1.69 bits per heavy atom. The lowest BCUT2D eigenvalue weighted by Crippen LogP contribution is -2.43. The van der Waals surface area contributed by atoms with Crippen molar-refractivity contribution in [2.75, 3.05) is 18.4 Å². The number of anilines is 1. The number of carbonyl (C=O) groups is 1. The van der Waals surface area contributed by atoms with Gasteiger partial charge in [-0.1, -0.05) is 11.6 Å². The van der Waals surface area contributed by atoms with Gasteiger partial charge >= 0.3 is 0 Å². The fourth-order valence-electron chi connectivity index (χ4n) is 3.48. The van der Waals surface area contributed by atoms with Gasteiger partial charge in [-0.2, -0.15) is 4.31 Å². The van der Waals surface area contributed by atoms with E-state index in [1.54, 1.807) is 12.1 Å².